The van der Waals surface area contributed by atoms with E-state index in [0.29, 0.717) is 5.82 Å². The van der Waals surface area contributed by atoms with Crippen LogP contribution in [0.25, 0.3) is 78.1 Å². The van der Waals surface area contributed by atoms with Crippen molar-refractivity contribution in [2.75, 3.05) is 4.90 Å². The van der Waals surface area contributed by atoms with Gasteiger partial charge in [0.25, 0.3) is 0 Å². The van der Waals surface area contributed by atoms with Gasteiger partial charge >= 0.3 is 0 Å². The van der Waals surface area contributed by atoms with Crippen LogP contribution in [0.4, 0.5) is 17.1 Å². The molecule has 0 saturated heterocycles. The monoisotopic (exact) mass is 762 g/mol. The largest absolute Gasteiger partial charge is 0.310 e. The summed E-state index contributed by atoms with van der Waals surface area (Å²) in [6, 6.07) is 74.4. The standard InChI is InChI=1S/C56H34N4/c1-3-16-35(17-4-1)53-54(45-32-31-44-39-21-8-7-20-38(39)42-24-15-25-43(45)52(42)44)58-59-55(57-53)36-30-33-49-51(34-36)60(37-18-5-2-6-19-37)50-29-14-13-28-48(50)56(49)46-26-11-9-22-40(46)41-23-10-12-27-47(41)56/h1-34H. The Kier molecular flexibility index (Phi) is 6.90. The Balaban J connectivity index is 1.05. The van der Waals surface area contributed by atoms with Crippen LogP contribution in [0.5, 0.6) is 0 Å². The topological polar surface area (TPSA) is 41.9 Å². The third kappa shape index (κ3) is 4.42. The molecule has 0 atom stereocenters. The molecule has 0 radical (unpaired) electrons. The van der Waals surface area contributed by atoms with Gasteiger partial charge in [0, 0.05) is 22.4 Å². The van der Waals surface area contributed by atoms with Gasteiger partial charge in [0.05, 0.1) is 16.8 Å². The van der Waals surface area contributed by atoms with E-state index >= 15 is 0 Å². The number of hydrogen-bond acceptors (Lipinski definition) is 4. The first-order valence-electron chi connectivity index (χ1n) is 20.5. The van der Waals surface area contributed by atoms with Crippen molar-refractivity contribution in [3.05, 3.63) is 229 Å². The number of aromatic nitrogens is 3. The summed E-state index contributed by atoms with van der Waals surface area (Å²) in [6.07, 6.45) is 0. The van der Waals surface area contributed by atoms with Gasteiger partial charge in [0.15, 0.2) is 5.82 Å². The van der Waals surface area contributed by atoms with E-state index in [0.717, 1.165) is 50.5 Å². The van der Waals surface area contributed by atoms with Crippen LogP contribution in [0.2, 0.25) is 0 Å². The van der Waals surface area contributed by atoms with Gasteiger partial charge in [-0.05, 0) is 90.7 Å². The molecule has 0 fully saturated rings. The Bertz CT molecular complexity index is 3320. The normalized spacial score (nSPS) is 13.4. The molecule has 2 heterocycles. The maximum absolute atomic E-state index is 5.46. The summed E-state index contributed by atoms with van der Waals surface area (Å²) in [5, 5.41) is 12.5. The quantitative estimate of drug-likeness (QED) is 0.179. The van der Waals surface area contributed by atoms with Crippen LogP contribution in [-0.4, -0.2) is 15.2 Å². The fourth-order valence-corrected chi connectivity index (χ4v) is 10.5. The first kappa shape index (κ1) is 33.1. The van der Waals surface area contributed by atoms with Crippen molar-refractivity contribution < 1.29 is 0 Å². The summed E-state index contributed by atoms with van der Waals surface area (Å²) in [7, 11) is 0. The highest BCUT2D eigenvalue weighted by Crippen LogP contribution is 2.63. The number of benzene rings is 9. The van der Waals surface area contributed by atoms with Crippen LogP contribution in [0, 0.1) is 0 Å². The summed E-state index contributed by atoms with van der Waals surface area (Å²) in [5.74, 6) is 0.576. The Morgan fingerprint density at radius 1 is 0.350 bits per heavy atom. The minimum absolute atomic E-state index is 0.531. The predicted octanol–water partition coefficient (Wildman–Crippen LogP) is 13.8. The molecule has 10 aromatic rings. The lowest BCUT2D eigenvalue weighted by Crippen LogP contribution is -2.36. The maximum Gasteiger partial charge on any atom is 0.182 e. The van der Waals surface area contributed by atoms with E-state index in [9.17, 15) is 0 Å². The fourth-order valence-electron chi connectivity index (χ4n) is 10.5. The van der Waals surface area contributed by atoms with Crippen molar-refractivity contribution in [1.82, 2.24) is 15.2 Å². The first-order valence-corrected chi connectivity index (χ1v) is 20.5. The smallest absolute Gasteiger partial charge is 0.182 e. The molecule has 1 spiro atoms. The van der Waals surface area contributed by atoms with Crippen LogP contribution in [0.3, 0.4) is 0 Å². The number of rotatable bonds is 4. The van der Waals surface area contributed by atoms with Gasteiger partial charge in [-0.3, -0.25) is 0 Å². The van der Waals surface area contributed by atoms with Gasteiger partial charge in [-0.2, -0.15) is 0 Å². The molecule has 0 bridgehead atoms. The fraction of sp³-hybridized carbons (Fsp3) is 0.0179. The molecule has 0 saturated carbocycles. The number of hydrogen-bond donors (Lipinski definition) is 0. The van der Waals surface area contributed by atoms with Crippen molar-refractivity contribution in [3.8, 4) is 67.3 Å². The van der Waals surface area contributed by atoms with Crippen LogP contribution < -0.4 is 4.90 Å². The molecule has 3 aliphatic rings. The van der Waals surface area contributed by atoms with Crippen LogP contribution in [0.1, 0.15) is 22.3 Å². The Hall–Kier alpha value is -7.95. The molecule has 4 nitrogen and oxygen atoms in total. The third-order valence-electron chi connectivity index (χ3n) is 13.0. The highest BCUT2D eigenvalue weighted by molar-refractivity contribution is 6.19. The predicted molar refractivity (Wildman–Crippen MR) is 244 cm³/mol. The van der Waals surface area contributed by atoms with E-state index < -0.39 is 5.41 Å². The van der Waals surface area contributed by atoms with Crippen molar-refractivity contribution in [2.45, 2.75) is 5.41 Å². The molecule has 1 aromatic heterocycles. The molecule has 60 heavy (non-hydrogen) atoms. The number of para-hydroxylation sites is 2. The van der Waals surface area contributed by atoms with Crippen molar-refractivity contribution >= 4 is 27.8 Å². The lowest BCUT2D eigenvalue weighted by molar-refractivity contribution is 0.752. The lowest BCUT2D eigenvalue weighted by Gasteiger charge is -2.45. The molecule has 0 amide bonds. The second-order valence-electron chi connectivity index (χ2n) is 15.9. The average molecular weight is 763 g/mol. The molecule has 0 N–H and O–H groups in total. The molecule has 278 valence electrons. The van der Waals surface area contributed by atoms with Crippen molar-refractivity contribution in [3.63, 3.8) is 0 Å². The second-order valence-corrected chi connectivity index (χ2v) is 15.9. The molecular formula is C56H34N4. The number of fused-ring (bicyclic) bond motifs is 12. The molecule has 4 heteroatoms. The van der Waals surface area contributed by atoms with Crippen LogP contribution in [-0.2, 0) is 5.41 Å². The van der Waals surface area contributed by atoms with Crippen LogP contribution >= 0.6 is 0 Å². The molecule has 9 aromatic carbocycles. The van der Waals surface area contributed by atoms with E-state index in [1.165, 1.54) is 61.0 Å². The highest BCUT2D eigenvalue weighted by atomic mass is 15.2. The maximum atomic E-state index is 5.46. The Morgan fingerprint density at radius 2 is 0.917 bits per heavy atom. The SMILES string of the molecule is c1ccc(-c2nc(-c3ccc4c(c3)N(c3ccccc3)c3ccccc3C43c4ccccc4-c4ccccc43)nnc2-c2ccc3c4c(cccc24)-c2ccccc2-3)cc1. The highest BCUT2D eigenvalue weighted by Gasteiger charge is 2.51. The molecule has 0 unspecified atom stereocenters. The van der Waals surface area contributed by atoms with Crippen LogP contribution in [0.15, 0.2) is 206 Å². The summed E-state index contributed by atoms with van der Waals surface area (Å²) < 4.78 is 0. The Labute approximate surface area is 347 Å². The summed E-state index contributed by atoms with van der Waals surface area (Å²) >= 11 is 0. The minimum atomic E-state index is -0.531. The van der Waals surface area contributed by atoms with E-state index in [2.05, 4.69) is 205 Å². The van der Waals surface area contributed by atoms with Gasteiger partial charge in [0.2, 0.25) is 0 Å². The molecule has 2 aliphatic carbocycles. The Morgan fingerprint density at radius 3 is 1.65 bits per heavy atom. The molecule has 1 aliphatic heterocycles. The average Bonchev–Trinajstić information content (AvgIpc) is 3.81. The summed E-state index contributed by atoms with van der Waals surface area (Å²) in [4.78, 5) is 7.87. The van der Waals surface area contributed by atoms with Crippen molar-refractivity contribution in [1.29, 1.82) is 0 Å². The number of anilines is 3. The summed E-state index contributed by atoms with van der Waals surface area (Å²) in [6.45, 7) is 0. The van der Waals surface area contributed by atoms with E-state index in [-0.39, 0.29) is 0 Å². The number of nitrogens with zero attached hydrogens (tertiary/aromatic N) is 4. The van der Waals surface area contributed by atoms with E-state index in [1.807, 2.05) is 6.07 Å². The molecular weight excluding hydrogens is 729 g/mol. The van der Waals surface area contributed by atoms with Crippen molar-refractivity contribution in [2.24, 2.45) is 0 Å². The first-order chi connectivity index (χ1) is 29.8. The third-order valence-corrected chi connectivity index (χ3v) is 13.0. The minimum Gasteiger partial charge on any atom is -0.310 e. The zero-order chi connectivity index (χ0) is 39.4. The summed E-state index contributed by atoms with van der Waals surface area (Å²) in [5.41, 5.74) is 19.9. The van der Waals surface area contributed by atoms with Gasteiger partial charge in [-0.15, -0.1) is 10.2 Å². The van der Waals surface area contributed by atoms with Gasteiger partial charge in [0.1, 0.15) is 11.4 Å². The zero-order valence-corrected chi connectivity index (χ0v) is 32.4. The van der Waals surface area contributed by atoms with Gasteiger partial charge in [-0.1, -0.05) is 182 Å². The molecule has 13 rings (SSSR count). The second kappa shape index (κ2) is 12.5. The van der Waals surface area contributed by atoms with E-state index in [4.69, 9.17) is 15.2 Å². The van der Waals surface area contributed by atoms with E-state index in [1.54, 1.807) is 0 Å². The van der Waals surface area contributed by atoms with Gasteiger partial charge < -0.3 is 4.90 Å². The lowest BCUT2D eigenvalue weighted by atomic mass is 9.64. The van der Waals surface area contributed by atoms with Gasteiger partial charge in [-0.25, -0.2) is 4.98 Å². The zero-order valence-electron chi connectivity index (χ0n) is 32.4.